The molecule has 2 aromatic rings. The largest absolute Gasteiger partial charge is 0.280 e. The third-order valence-electron chi connectivity index (χ3n) is 2.34. The highest BCUT2D eigenvalue weighted by atomic mass is 79.9. The van der Waals surface area contributed by atoms with Gasteiger partial charge in [0, 0.05) is 10.2 Å². The summed E-state index contributed by atoms with van der Waals surface area (Å²) in [7, 11) is -3.73. The van der Waals surface area contributed by atoms with Crippen molar-refractivity contribution in [3.05, 3.63) is 43.0 Å². The molecule has 0 saturated heterocycles. The summed E-state index contributed by atoms with van der Waals surface area (Å²) in [6.07, 6.45) is 0. The number of sulfonamides is 1. The third-order valence-corrected chi connectivity index (χ3v) is 6.33. The lowest BCUT2D eigenvalue weighted by atomic mass is 10.2. The van der Waals surface area contributed by atoms with E-state index in [0.29, 0.717) is 10.0 Å². The summed E-state index contributed by atoms with van der Waals surface area (Å²) in [6, 6.07) is 6.51. The first-order valence-electron chi connectivity index (χ1n) is 5.03. The predicted octanol–water partition coefficient (Wildman–Crippen LogP) is 4.93. The first kappa shape index (κ1) is 15.1. The minimum atomic E-state index is -3.73. The fourth-order valence-corrected chi connectivity index (χ4v) is 4.95. The van der Waals surface area contributed by atoms with E-state index in [-0.39, 0.29) is 9.23 Å². The fourth-order valence-electron chi connectivity index (χ4n) is 1.37. The van der Waals surface area contributed by atoms with Crippen LogP contribution in [0.5, 0.6) is 0 Å². The number of nitrogens with one attached hydrogen (secondary N) is 1. The van der Waals surface area contributed by atoms with Crippen LogP contribution >= 0.6 is 50.5 Å². The van der Waals surface area contributed by atoms with Gasteiger partial charge in [-0.25, -0.2) is 8.42 Å². The maximum atomic E-state index is 12.2. The molecule has 0 aliphatic carbocycles. The number of benzene rings is 1. The van der Waals surface area contributed by atoms with Gasteiger partial charge in [0.2, 0.25) is 0 Å². The maximum absolute atomic E-state index is 12.2. The molecule has 1 aromatic heterocycles. The molecule has 19 heavy (non-hydrogen) atoms. The average molecular weight is 401 g/mol. The van der Waals surface area contributed by atoms with E-state index < -0.39 is 10.0 Å². The van der Waals surface area contributed by atoms with Crippen LogP contribution in [0.4, 0.5) is 5.69 Å². The van der Waals surface area contributed by atoms with E-state index in [2.05, 4.69) is 20.7 Å². The quantitative estimate of drug-likeness (QED) is 0.793. The molecule has 2 rings (SSSR count). The molecule has 0 aliphatic rings. The van der Waals surface area contributed by atoms with Crippen LogP contribution in [0.15, 0.2) is 33.6 Å². The zero-order valence-corrected chi connectivity index (χ0v) is 14.3. The van der Waals surface area contributed by atoms with Gasteiger partial charge < -0.3 is 0 Å². The van der Waals surface area contributed by atoms with Gasteiger partial charge in [0.25, 0.3) is 10.0 Å². The van der Waals surface area contributed by atoms with Crippen molar-refractivity contribution in [1.82, 2.24) is 0 Å². The van der Waals surface area contributed by atoms with E-state index in [0.717, 1.165) is 21.4 Å². The van der Waals surface area contributed by atoms with Gasteiger partial charge in [-0.1, -0.05) is 45.2 Å². The van der Waals surface area contributed by atoms with Crippen LogP contribution in [0.3, 0.4) is 0 Å². The number of halogens is 3. The van der Waals surface area contributed by atoms with Crippen molar-refractivity contribution < 1.29 is 8.42 Å². The normalized spacial score (nSPS) is 11.6. The highest BCUT2D eigenvalue weighted by Gasteiger charge is 2.21. The Morgan fingerprint density at radius 3 is 2.47 bits per heavy atom. The Hall–Kier alpha value is -0.270. The van der Waals surface area contributed by atoms with Crippen molar-refractivity contribution in [3.63, 3.8) is 0 Å². The highest BCUT2D eigenvalue weighted by Crippen LogP contribution is 2.35. The molecule has 8 heteroatoms. The van der Waals surface area contributed by atoms with Gasteiger partial charge in [-0.3, -0.25) is 4.72 Å². The maximum Gasteiger partial charge on any atom is 0.264 e. The number of thiophene rings is 1. The molecule has 1 N–H and O–H groups in total. The number of hydrogen-bond acceptors (Lipinski definition) is 3. The third kappa shape index (κ3) is 3.44. The van der Waals surface area contributed by atoms with Gasteiger partial charge in [-0.15, -0.1) is 11.3 Å². The summed E-state index contributed by atoms with van der Waals surface area (Å²) < 4.78 is 28.1. The van der Waals surface area contributed by atoms with Gasteiger partial charge in [0.15, 0.2) is 0 Å². The molecule has 0 radical (unpaired) electrons. The summed E-state index contributed by atoms with van der Waals surface area (Å²) in [5.41, 5.74) is 1.47. The van der Waals surface area contributed by atoms with Crippen LogP contribution in [-0.4, -0.2) is 8.42 Å². The van der Waals surface area contributed by atoms with Crippen LogP contribution in [0, 0.1) is 6.92 Å². The molecule has 1 heterocycles. The van der Waals surface area contributed by atoms with Gasteiger partial charge in [-0.2, -0.15) is 0 Å². The monoisotopic (exact) mass is 399 g/mol. The van der Waals surface area contributed by atoms with Gasteiger partial charge in [-0.05, 0) is 30.7 Å². The van der Waals surface area contributed by atoms with Gasteiger partial charge in [0.1, 0.15) is 9.23 Å². The topological polar surface area (TPSA) is 46.2 Å². The Labute approximate surface area is 133 Å². The fraction of sp³-hybridized carbons (Fsp3) is 0.0909. The summed E-state index contributed by atoms with van der Waals surface area (Å²) in [4.78, 5) is -0.0131. The van der Waals surface area contributed by atoms with Crippen LogP contribution in [0.1, 0.15) is 5.56 Å². The van der Waals surface area contributed by atoms with Crippen LogP contribution in [-0.2, 0) is 10.0 Å². The molecular weight excluding hydrogens is 393 g/mol. The van der Waals surface area contributed by atoms with Crippen LogP contribution < -0.4 is 4.72 Å². The second-order valence-corrected chi connectivity index (χ2v) is 8.55. The number of anilines is 1. The van der Waals surface area contributed by atoms with Crippen molar-refractivity contribution in [2.75, 3.05) is 4.72 Å². The molecule has 0 spiro atoms. The second kappa shape index (κ2) is 5.61. The molecule has 0 saturated carbocycles. The minimum absolute atomic E-state index is 0.0131. The van der Waals surface area contributed by atoms with Crippen molar-refractivity contribution in [2.24, 2.45) is 0 Å². The van der Waals surface area contributed by atoms with E-state index in [9.17, 15) is 8.42 Å². The number of aryl methyl sites for hydroxylation is 1. The summed E-state index contributed by atoms with van der Waals surface area (Å²) >= 11 is 16.0. The van der Waals surface area contributed by atoms with Crippen molar-refractivity contribution >= 4 is 66.2 Å². The molecule has 0 atom stereocenters. The lowest BCUT2D eigenvalue weighted by Gasteiger charge is -2.08. The standard InChI is InChI=1S/C11H8BrCl2NO2S2/c1-6-2-3-7(4-8(6)12)15-19(16,17)9-5-10(13)18-11(9)14/h2-5,15H,1H3. The Kier molecular flexibility index (Phi) is 4.47. The van der Waals surface area contributed by atoms with E-state index in [4.69, 9.17) is 23.2 Å². The molecule has 102 valence electrons. The van der Waals surface area contributed by atoms with Crippen LogP contribution in [0.25, 0.3) is 0 Å². The van der Waals surface area contributed by atoms with E-state index in [1.807, 2.05) is 13.0 Å². The lowest BCUT2D eigenvalue weighted by Crippen LogP contribution is -2.12. The summed E-state index contributed by atoms with van der Waals surface area (Å²) in [5.74, 6) is 0. The Bertz CT molecular complexity index is 728. The van der Waals surface area contributed by atoms with Crippen molar-refractivity contribution in [3.8, 4) is 0 Å². The number of hydrogen-bond donors (Lipinski definition) is 1. The SMILES string of the molecule is Cc1ccc(NS(=O)(=O)c2cc(Cl)sc2Cl)cc1Br. The molecular formula is C11H8BrCl2NO2S2. The summed E-state index contributed by atoms with van der Waals surface area (Å²) in [5, 5.41) is 0. The molecule has 0 aliphatic heterocycles. The lowest BCUT2D eigenvalue weighted by molar-refractivity contribution is 0.601. The van der Waals surface area contributed by atoms with E-state index in [1.54, 1.807) is 12.1 Å². The van der Waals surface area contributed by atoms with Gasteiger partial charge >= 0.3 is 0 Å². The van der Waals surface area contributed by atoms with E-state index in [1.165, 1.54) is 6.07 Å². The average Bonchev–Trinajstić information content (AvgIpc) is 2.63. The zero-order chi connectivity index (χ0) is 14.2. The Morgan fingerprint density at radius 2 is 1.95 bits per heavy atom. The molecule has 3 nitrogen and oxygen atoms in total. The van der Waals surface area contributed by atoms with Crippen molar-refractivity contribution in [1.29, 1.82) is 0 Å². The smallest absolute Gasteiger partial charge is 0.264 e. The Morgan fingerprint density at radius 1 is 1.26 bits per heavy atom. The Balaban J connectivity index is 2.36. The number of rotatable bonds is 3. The second-order valence-electron chi connectivity index (χ2n) is 3.76. The molecule has 0 fully saturated rings. The van der Waals surface area contributed by atoms with Crippen molar-refractivity contribution in [2.45, 2.75) is 11.8 Å². The molecule has 0 unspecified atom stereocenters. The molecule has 0 amide bonds. The first-order chi connectivity index (χ1) is 8.79. The van der Waals surface area contributed by atoms with E-state index >= 15 is 0 Å². The zero-order valence-electron chi connectivity index (χ0n) is 9.58. The van der Waals surface area contributed by atoms with Crippen LogP contribution in [0.2, 0.25) is 8.67 Å². The molecule has 1 aromatic carbocycles. The summed E-state index contributed by atoms with van der Waals surface area (Å²) in [6.45, 7) is 1.91. The molecule has 0 bridgehead atoms. The van der Waals surface area contributed by atoms with Gasteiger partial charge in [0.05, 0.1) is 4.34 Å². The highest BCUT2D eigenvalue weighted by molar-refractivity contribution is 9.10. The predicted molar refractivity (Wildman–Crippen MR) is 84.0 cm³/mol. The first-order valence-corrected chi connectivity index (χ1v) is 8.88. The minimum Gasteiger partial charge on any atom is -0.280 e.